The molecule has 7 nitrogen and oxygen atoms in total. The topological polar surface area (TPSA) is 106 Å². The largest absolute Gasteiger partial charge is 0.492 e. The van der Waals surface area contributed by atoms with Gasteiger partial charge in [0.15, 0.2) is 0 Å². The average molecular weight is 347 g/mol. The van der Waals surface area contributed by atoms with E-state index in [1.165, 1.54) is 6.34 Å². The summed E-state index contributed by atoms with van der Waals surface area (Å²) in [4.78, 5) is 15.3. The Hall–Kier alpha value is -3.45. The molecule has 0 fully saturated rings. The van der Waals surface area contributed by atoms with Crippen molar-refractivity contribution in [1.29, 1.82) is 0 Å². The van der Waals surface area contributed by atoms with Crippen molar-refractivity contribution in [3.05, 3.63) is 70.4 Å². The van der Waals surface area contributed by atoms with Crippen molar-refractivity contribution < 1.29 is 10.2 Å². The molecule has 1 aliphatic heterocycles. The molecule has 0 radical (unpaired) electrons. The Morgan fingerprint density at radius 3 is 2.85 bits per heavy atom. The fourth-order valence-corrected chi connectivity index (χ4v) is 2.71. The van der Waals surface area contributed by atoms with Gasteiger partial charge in [-0.05, 0) is 29.0 Å². The number of aliphatic hydroxyl groups is 1. The minimum Gasteiger partial charge on any atom is -0.492 e. The molecule has 0 amide bonds. The Labute approximate surface area is 149 Å². The number of fused-ring (bicyclic) bond motifs is 1. The predicted molar refractivity (Wildman–Crippen MR) is 99.1 cm³/mol. The molecule has 2 heterocycles. The number of benzene rings is 2. The van der Waals surface area contributed by atoms with Crippen molar-refractivity contribution in [3.8, 4) is 5.88 Å². The van der Waals surface area contributed by atoms with E-state index in [4.69, 9.17) is 0 Å². The molecule has 7 heteroatoms. The maximum atomic E-state index is 10.2. The fourth-order valence-electron chi connectivity index (χ4n) is 2.71. The van der Waals surface area contributed by atoms with E-state index >= 15 is 0 Å². The molecule has 26 heavy (non-hydrogen) atoms. The van der Waals surface area contributed by atoms with E-state index in [0.29, 0.717) is 11.6 Å². The molecule has 0 bridgehead atoms. The molecule has 1 aliphatic rings. The number of anilines is 1. The van der Waals surface area contributed by atoms with Gasteiger partial charge in [-0.1, -0.05) is 36.4 Å². The van der Waals surface area contributed by atoms with Crippen LogP contribution >= 0.6 is 0 Å². The smallest absolute Gasteiger partial charge is 0.238 e. The van der Waals surface area contributed by atoms with Gasteiger partial charge < -0.3 is 20.5 Å². The zero-order valence-corrected chi connectivity index (χ0v) is 13.8. The minimum atomic E-state index is -0.672. The Kier molecular flexibility index (Phi) is 4.20. The van der Waals surface area contributed by atoms with Gasteiger partial charge in [-0.2, -0.15) is 4.98 Å². The third-order valence-corrected chi connectivity index (χ3v) is 4.06. The third kappa shape index (κ3) is 3.33. The van der Waals surface area contributed by atoms with E-state index in [0.717, 1.165) is 21.8 Å². The molecular weight excluding hydrogens is 330 g/mol. The number of hydrogen-bond donors (Lipinski definition) is 4. The highest BCUT2D eigenvalue weighted by molar-refractivity contribution is 5.67. The summed E-state index contributed by atoms with van der Waals surface area (Å²) in [5.41, 5.74) is 2.08. The second-order valence-electron chi connectivity index (χ2n) is 5.90. The van der Waals surface area contributed by atoms with Gasteiger partial charge in [0.2, 0.25) is 11.8 Å². The maximum absolute atomic E-state index is 10.2. The van der Waals surface area contributed by atoms with Gasteiger partial charge in [-0.25, -0.2) is 9.98 Å². The molecule has 130 valence electrons. The van der Waals surface area contributed by atoms with E-state index < -0.39 is 6.10 Å². The number of aromatic hydroxyl groups is 1. The van der Waals surface area contributed by atoms with Crippen LogP contribution in [0.4, 0.5) is 11.6 Å². The lowest BCUT2D eigenvalue weighted by Crippen LogP contribution is -2.12. The lowest BCUT2D eigenvalue weighted by Gasteiger charge is -2.11. The van der Waals surface area contributed by atoms with E-state index in [2.05, 4.69) is 25.3 Å². The molecule has 0 saturated heterocycles. The Bertz CT molecular complexity index is 1070. The summed E-state index contributed by atoms with van der Waals surface area (Å²) in [6.07, 6.45) is 2.62. The minimum absolute atomic E-state index is 0.115. The second kappa shape index (κ2) is 6.81. The standard InChI is InChI=1S/C19H17N5O2/c25-17(13-4-2-1-3-5-13)10-20-19-23-16(18(26)24-19)9-12-6-7-14-15(8-12)22-11-21-14/h1-9,11,17,25-26H,10H2,(H2,20,23,24)/t17-/m1/s1. The zero-order chi connectivity index (χ0) is 17.9. The predicted octanol–water partition coefficient (Wildman–Crippen LogP) is 1.38. The summed E-state index contributed by atoms with van der Waals surface area (Å²) in [6, 6.07) is 15.0. The number of nitrogens with one attached hydrogen (secondary N) is 2. The van der Waals surface area contributed by atoms with E-state index in [1.807, 2.05) is 48.5 Å². The normalized spacial score (nSPS) is 14.1. The number of aliphatic imine (C=N–C) groups is 1. The van der Waals surface area contributed by atoms with Crippen LogP contribution in [0.25, 0.3) is 6.08 Å². The monoisotopic (exact) mass is 347 g/mol. The van der Waals surface area contributed by atoms with Crippen molar-refractivity contribution in [1.82, 2.24) is 9.97 Å². The lowest BCUT2D eigenvalue weighted by atomic mass is 10.1. The summed E-state index contributed by atoms with van der Waals surface area (Å²) in [6.45, 7) is 0.269. The third-order valence-electron chi connectivity index (χ3n) is 4.06. The highest BCUT2D eigenvalue weighted by Crippen LogP contribution is 2.18. The lowest BCUT2D eigenvalue weighted by molar-refractivity contribution is 0.191. The Morgan fingerprint density at radius 2 is 2.00 bits per heavy atom. The van der Waals surface area contributed by atoms with Crippen molar-refractivity contribution in [3.63, 3.8) is 0 Å². The van der Waals surface area contributed by atoms with E-state index in [9.17, 15) is 10.2 Å². The molecule has 0 saturated carbocycles. The number of nitrogens with zero attached hydrogens (tertiary/aromatic N) is 3. The van der Waals surface area contributed by atoms with Crippen LogP contribution in [0.15, 0.2) is 58.5 Å². The molecule has 3 aromatic rings. The molecule has 1 atom stereocenters. The van der Waals surface area contributed by atoms with Gasteiger partial charge >= 0.3 is 0 Å². The molecular formula is C19H17N5O2. The van der Waals surface area contributed by atoms with Crippen LogP contribution in [0.3, 0.4) is 0 Å². The average Bonchev–Trinajstić information content (AvgIpc) is 3.27. The van der Waals surface area contributed by atoms with Gasteiger partial charge in [-0.15, -0.1) is 0 Å². The van der Waals surface area contributed by atoms with Gasteiger partial charge in [0.05, 0.1) is 17.1 Å². The number of aromatic amines is 1. The van der Waals surface area contributed by atoms with Crippen LogP contribution in [0, 0.1) is 0 Å². The molecule has 1 aromatic heterocycles. The van der Waals surface area contributed by atoms with Crippen molar-refractivity contribution in [2.75, 3.05) is 11.9 Å². The molecule has 0 spiro atoms. The maximum Gasteiger partial charge on any atom is 0.238 e. The second-order valence-corrected chi connectivity index (χ2v) is 5.90. The number of aliphatic hydroxyl groups excluding tert-OH is 1. The summed E-state index contributed by atoms with van der Waals surface area (Å²) in [7, 11) is 0. The van der Waals surface area contributed by atoms with Gasteiger partial charge in [0.25, 0.3) is 0 Å². The molecule has 4 N–H and O–H groups in total. The number of H-pyrrole nitrogens is 1. The first-order valence-electron chi connectivity index (χ1n) is 8.17. The fraction of sp³-hybridized carbons (Fsp3) is 0.105. The number of imidazole rings is 1. The summed E-state index contributed by atoms with van der Waals surface area (Å²) >= 11 is 0. The van der Waals surface area contributed by atoms with Crippen LogP contribution in [-0.2, 0) is 0 Å². The summed E-state index contributed by atoms with van der Waals surface area (Å²) in [5, 5.41) is 24.9. The first-order chi connectivity index (χ1) is 12.7. The quantitative estimate of drug-likeness (QED) is 0.559. The molecule has 0 aliphatic carbocycles. The van der Waals surface area contributed by atoms with Crippen molar-refractivity contribution in [2.24, 2.45) is 9.98 Å². The molecule has 4 rings (SSSR count). The molecule has 0 unspecified atom stereocenters. The molecule has 2 aromatic carbocycles. The highest BCUT2D eigenvalue weighted by atomic mass is 16.3. The van der Waals surface area contributed by atoms with Crippen LogP contribution < -0.4 is 15.9 Å². The number of aromatic nitrogens is 2. The zero-order valence-electron chi connectivity index (χ0n) is 13.8. The number of hydrogen-bond acceptors (Lipinski definition) is 6. The SMILES string of the molecule is Oc1nc(NC[C@@H](O)c2ccccc2)[nH]c1C=c1ccc2c(c1)N=CN=2. The van der Waals surface area contributed by atoms with E-state index in [-0.39, 0.29) is 12.4 Å². The first kappa shape index (κ1) is 16.0. The van der Waals surface area contributed by atoms with Gasteiger partial charge in [0.1, 0.15) is 12.0 Å². The Balaban J connectivity index is 1.50. The van der Waals surface area contributed by atoms with Crippen LogP contribution in [-0.4, -0.2) is 33.1 Å². The summed E-state index contributed by atoms with van der Waals surface area (Å²) < 4.78 is 0. The van der Waals surface area contributed by atoms with Crippen LogP contribution in [0.1, 0.15) is 17.4 Å². The number of rotatable bonds is 5. The highest BCUT2D eigenvalue weighted by Gasteiger charge is 2.10. The summed E-state index contributed by atoms with van der Waals surface area (Å²) in [5.74, 6) is 0.272. The Morgan fingerprint density at radius 1 is 1.15 bits per heavy atom. The van der Waals surface area contributed by atoms with E-state index in [1.54, 1.807) is 6.08 Å². The van der Waals surface area contributed by atoms with Crippen LogP contribution in [0.2, 0.25) is 0 Å². The van der Waals surface area contributed by atoms with Gasteiger partial charge in [-0.3, -0.25) is 0 Å². The van der Waals surface area contributed by atoms with Crippen molar-refractivity contribution >= 4 is 24.1 Å². The van der Waals surface area contributed by atoms with Gasteiger partial charge in [0, 0.05) is 6.54 Å². The van der Waals surface area contributed by atoms with Crippen LogP contribution in [0.5, 0.6) is 5.88 Å². The van der Waals surface area contributed by atoms with Crippen molar-refractivity contribution in [2.45, 2.75) is 6.10 Å². The first-order valence-corrected chi connectivity index (χ1v) is 8.17.